The van der Waals surface area contributed by atoms with E-state index in [1.165, 1.54) is 17.3 Å². The lowest BCUT2D eigenvalue weighted by atomic mass is 9.90. The number of rotatable bonds is 1. The summed E-state index contributed by atoms with van der Waals surface area (Å²) in [5.74, 6) is 1.56. The van der Waals surface area contributed by atoms with Crippen LogP contribution < -0.4 is 0 Å². The average Bonchev–Trinajstić information content (AvgIpc) is 2.46. The summed E-state index contributed by atoms with van der Waals surface area (Å²) < 4.78 is 1.22. The molecular formula is C12H15Br. The van der Waals surface area contributed by atoms with Gasteiger partial charge in [-0.1, -0.05) is 35.8 Å². The average molecular weight is 239 g/mol. The molecule has 70 valence electrons. The highest BCUT2D eigenvalue weighted by atomic mass is 79.9. The van der Waals surface area contributed by atoms with Crippen LogP contribution in [0.1, 0.15) is 37.3 Å². The van der Waals surface area contributed by atoms with E-state index in [1.54, 1.807) is 11.1 Å². The van der Waals surface area contributed by atoms with Gasteiger partial charge in [0.2, 0.25) is 0 Å². The van der Waals surface area contributed by atoms with Crippen molar-refractivity contribution in [2.45, 2.75) is 32.6 Å². The molecule has 0 aromatic heterocycles. The van der Waals surface area contributed by atoms with E-state index in [4.69, 9.17) is 0 Å². The number of hydrogen-bond donors (Lipinski definition) is 0. The smallest absolute Gasteiger partial charge is 0.0178 e. The van der Waals surface area contributed by atoms with Crippen molar-refractivity contribution in [2.24, 2.45) is 5.92 Å². The highest BCUT2D eigenvalue weighted by molar-refractivity contribution is 9.10. The van der Waals surface area contributed by atoms with E-state index >= 15 is 0 Å². The molecular weight excluding hydrogens is 224 g/mol. The predicted molar refractivity (Wildman–Crippen MR) is 60.0 cm³/mol. The first-order valence-electron chi connectivity index (χ1n) is 4.97. The Hall–Kier alpha value is -0.300. The molecule has 0 amide bonds. The molecule has 0 saturated heterocycles. The first kappa shape index (κ1) is 9.26. The zero-order chi connectivity index (χ0) is 9.42. The SMILES string of the molecule is CC(C)C1CCc2ccc(Br)cc21. The van der Waals surface area contributed by atoms with Gasteiger partial charge >= 0.3 is 0 Å². The van der Waals surface area contributed by atoms with Crippen molar-refractivity contribution in [3.63, 3.8) is 0 Å². The molecule has 1 aliphatic rings. The van der Waals surface area contributed by atoms with Gasteiger partial charge in [0, 0.05) is 4.47 Å². The molecule has 0 spiro atoms. The van der Waals surface area contributed by atoms with E-state index in [0.29, 0.717) is 0 Å². The van der Waals surface area contributed by atoms with Crippen molar-refractivity contribution < 1.29 is 0 Å². The number of fused-ring (bicyclic) bond motifs is 1. The Bertz CT molecular complexity index is 315. The number of benzene rings is 1. The zero-order valence-corrected chi connectivity index (χ0v) is 9.76. The maximum absolute atomic E-state index is 3.54. The third-order valence-corrected chi connectivity index (χ3v) is 3.53. The summed E-state index contributed by atoms with van der Waals surface area (Å²) in [6.07, 6.45) is 2.61. The molecule has 0 heterocycles. The van der Waals surface area contributed by atoms with Crippen molar-refractivity contribution in [2.75, 3.05) is 0 Å². The minimum Gasteiger partial charge on any atom is -0.0622 e. The Balaban J connectivity index is 2.40. The van der Waals surface area contributed by atoms with E-state index < -0.39 is 0 Å². The van der Waals surface area contributed by atoms with Crippen molar-refractivity contribution >= 4 is 15.9 Å². The lowest BCUT2D eigenvalue weighted by Crippen LogP contribution is -2.01. The van der Waals surface area contributed by atoms with Gasteiger partial charge in [-0.2, -0.15) is 0 Å². The van der Waals surface area contributed by atoms with E-state index in [1.807, 2.05) is 0 Å². The van der Waals surface area contributed by atoms with Crippen molar-refractivity contribution in [1.82, 2.24) is 0 Å². The lowest BCUT2D eigenvalue weighted by Gasteiger charge is -2.15. The van der Waals surface area contributed by atoms with Gasteiger partial charge in [-0.05, 0) is 47.9 Å². The topological polar surface area (TPSA) is 0 Å². The highest BCUT2D eigenvalue weighted by Crippen LogP contribution is 2.39. The summed E-state index contributed by atoms with van der Waals surface area (Å²) in [6.45, 7) is 4.64. The summed E-state index contributed by atoms with van der Waals surface area (Å²) in [6, 6.07) is 6.72. The maximum Gasteiger partial charge on any atom is 0.0178 e. The van der Waals surface area contributed by atoms with Crippen LogP contribution in [0.3, 0.4) is 0 Å². The van der Waals surface area contributed by atoms with Crippen LogP contribution in [0.4, 0.5) is 0 Å². The van der Waals surface area contributed by atoms with Crippen LogP contribution in [0.15, 0.2) is 22.7 Å². The maximum atomic E-state index is 3.54. The van der Waals surface area contributed by atoms with Gasteiger partial charge in [-0.3, -0.25) is 0 Å². The van der Waals surface area contributed by atoms with Crippen LogP contribution in [-0.4, -0.2) is 0 Å². The largest absolute Gasteiger partial charge is 0.0622 e. The fourth-order valence-electron chi connectivity index (χ4n) is 2.30. The molecule has 1 aromatic carbocycles. The van der Waals surface area contributed by atoms with Crippen LogP contribution in [0.25, 0.3) is 0 Å². The quantitative estimate of drug-likeness (QED) is 0.691. The molecule has 0 N–H and O–H groups in total. The second kappa shape index (κ2) is 3.45. The normalized spacial score (nSPS) is 20.8. The van der Waals surface area contributed by atoms with Crippen molar-refractivity contribution in [3.05, 3.63) is 33.8 Å². The van der Waals surface area contributed by atoms with Crippen molar-refractivity contribution in [3.8, 4) is 0 Å². The van der Waals surface area contributed by atoms with E-state index in [2.05, 4.69) is 48.0 Å². The summed E-state index contributed by atoms with van der Waals surface area (Å²) in [4.78, 5) is 0. The number of hydrogen-bond acceptors (Lipinski definition) is 0. The minimum absolute atomic E-state index is 0.774. The predicted octanol–water partition coefficient (Wildman–Crippen LogP) is 4.13. The zero-order valence-electron chi connectivity index (χ0n) is 8.18. The summed E-state index contributed by atoms with van der Waals surface area (Å²) in [5.41, 5.74) is 3.13. The fraction of sp³-hybridized carbons (Fsp3) is 0.500. The molecule has 0 fully saturated rings. The van der Waals surface area contributed by atoms with E-state index in [0.717, 1.165) is 11.8 Å². The molecule has 1 heteroatoms. The Kier molecular flexibility index (Phi) is 2.46. The molecule has 1 atom stereocenters. The van der Waals surface area contributed by atoms with Gasteiger partial charge < -0.3 is 0 Å². The van der Waals surface area contributed by atoms with Gasteiger partial charge in [-0.25, -0.2) is 0 Å². The molecule has 0 bridgehead atoms. The molecule has 1 aliphatic carbocycles. The highest BCUT2D eigenvalue weighted by Gasteiger charge is 2.24. The van der Waals surface area contributed by atoms with Gasteiger partial charge in [0.25, 0.3) is 0 Å². The standard InChI is InChI=1S/C12H15Br/c1-8(2)11-6-4-9-3-5-10(13)7-12(9)11/h3,5,7-8,11H,4,6H2,1-2H3. The lowest BCUT2D eigenvalue weighted by molar-refractivity contribution is 0.495. The van der Waals surface area contributed by atoms with Gasteiger partial charge in [0.05, 0.1) is 0 Å². The monoisotopic (exact) mass is 238 g/mol. The first-order valence-corrected chi connectivity index (χ1v) is 5.76. The molecule has 1 unspecified atom stereocenters. The Morgan fingerprint density at radius 1 is 1.38 bits per heavy atom. The molecule has 1 aromatic rings. The van der Waals surface area contributed by atoms with Crippen LogP contribution in [0, 0.1) is 5.92 Å². The number of halogens is 1. The van der Waals surface area contributed by atoms with E-state index in [9.17, 15) is 0 Å². The van der Waals surface area contributed by atoms with Crippen LogP contribution in [-0.2, 0) is 6.42 Å². The Morgan fingerprint density at radius 2 is 2.15 bits per heavy atom. The summed E-state index contributed by atoms with van der Waals surface area (Å²) in [5, 5.41) is 0. The Morgan fingerprint density at radius 3 is 2.85 bits per heavy atom. The summed E-state index contributed by atoms with van der Waals surface area (Å²) in [7, 11) is 0. The molecule has 13 heavy (non-hydrogen) atoms. The Labute approximate surface area is 88.5 Å². The summed E-state index contributed by atoms with van der Waals surface area (Å²) >= 11 is 3.54. The van der Waals surface area contributed by atoms with Crippen LogP contribution in [0.2, 0.25) is 0 Å². The van der Waals surface area contributed by atoms with Gasteiger partial charge in [-0.15, -0.1) is 0 Å². The molecule has 0 aliphatic heterocycles. The van der Waals surface area contributed by atoms with Crippen molar-refractivity contribution in [1.29, 1.82) is 0 Å². The fourth-order valence-corrected chi connectivity index (χ4v) is 2.68. The molecule has 0 nitrogen and oxygen atoms in total. The second-order valence-corrected chi connectivity index (χ2v) is 5.15. The van der Waals surface area contributed by atoms with Crippen LogP contribution in [0.5, 0.6) is 0 Å². The molecule has 0 saturated carbocycles. The second-order valence-electron chi connectivity index (χ2n) is 4.23. The van der Waals surface area contributed by atoms with E-state index in [-0.39, 0.29) is 0 Å². The molecule has 2 rings (SSSR count). The minimum atomic E-state index is 0.774. The van der Waals surface area contributed by atoms with Crippen LogP contribution >= 0.6 is 15.9 Å². The van der Waals surface area contributed by atoms with Gasteiger partial charge in [0.1, 0.15) is 0 Å². The number of aryl methyl sites for hydroxylation is 1. The van der Waals surface area contributed by atoms with Gasteiger partial charge in [0.15, 0.2) is 0 Å². The third kappa shape index (κ3) is 1.67. The molecule has 0 radical (unpaired) electrons. The first-order chi connectivity index (χ1) is 6.18. The third-order valence-electron chi connectivity index (χ3n) is 3.04.